The first-order valence-corrected chi connectivity index (χ1v) is 2.74. The van der Waals surface area contributed by atoms with Crippen molar-refractivity contribution in [2.75, 3.05) is 7.11 Å². The molecule has 1 aliphatic carbocycles. The lowest BCUT2D eigenvalue weighted by Crippen LogP contribution is -2.27. The lowest BCUT2D eigenvalue weighted by atomic mass is 10.4. The molecule has 4 heteroatoms. The van der Waals surface area contributed by atoms with Gasteiger partial charge in [0.25, 0.3) is 5.92 Å². The molecule has 0 aromatic heterocycles. The van der Waals surface area contributed by atoms with Crippen LogP contribution in [0.1, 0.15) is 6.42 Å². The van der Waals surface area contributed by atoms with Gasteiger partial charge in [0, 0.05) is 13.5 Å². The second-order valence-corrected chi connectivity index (χ2v) is 2.27. The van der Waals surface area contributed by atoms with E-state index in [0.717, 1.165) is 0 Å². The van der Waals surface area contributed by atoms with E-state index in [9.17, 15) is 8.78 Å². The Labute approximate surface area is 52.0 Å². The van der Waals surface area contributed by atoms with Crippen LogP contribution < -0.4 is 5.73 Å². The maximum Gasteiger partial charge on any atom is 0.255 e. The Morgan fingerprint density at radius 3 is 2.33 bits per heavy atom. The van der Waals surface area contributed by atoms with Crippen LogP contribution >= 0.6 is 0 Å². The summed E-state index contributed by atoms with van der Waals surface area (Å²) < 4.78 is 28.7. The molecule has 0 aromatic carbocycles. The molecule has 0 bridgehead atoms. The van der Waals surface area contributed by atoms with Crippen LogP contribution in [-0.4, -0.2) is 19.3 Å². The van der Waals surface area contributed by atoms with Gasteiger partial charge in [-0.1, -0.05) is 0 Å². The average molecular weight is 137 g/mol. The summed E-state index contributed by atoms with van der Waals surface area (Å²) in [6, 6.07) is 0. The number of hydrogen-bond donors (Lipinski definition) is 1. The number of ether oxygens (including phenoxy) is 1. The molecule has 1 rings (SSSR count). The first-order valence-electron chi connectivity index (χ1n) is 2.74. The highest BCUT2D eigenvalue weighted by atomic mass is 19.3. The molecule has 1 saturated carbocycles. The Kier molecular flexibility index (Phi) is 1.44. The molecule has 2 atom stereocenters. The predicted molar refractivity (Wildman–Crippen MR) is 28.0 cm³/mol. The lowest BCUT2D eigenvalue weighted by Gasteiger charge is -2.06. The van der Waals surface area contributed by atoms with E-state index < -0.39 is 18.1 Å². The minimum absolute atomic E-state index is 0.123. The first-order chi connectivity index (χ1) is 4.08. The summed E-state index contributed by atoms with van der Waals surface area (Å²) >= 11 is 0. The van der Waals surface area contributed by atoms with E-state index in [2.05, 4.69) is 4.74 Å². The van der Waals surface area contributed by atoms with E-state index in [-0.39, 0.29) is 6.42 Å². The van der Waals surface area contributed by atoms with Crippen molar-refractivity contribution in [1.29, 1.82) is 0 Å². The Bertz CT molecular complexity index is 118. The Morgan fingerprint density at radius 2 is 2.22 bits per heavy atom. The van der Waals surface area contributed by atoms with Crippen molar-refractivity contribution in [1.82, 2.24) is 0 Å². The molecule has 9 heavy (non-hydrogen) atoms. The SMILES string of the molecule is COC(N)C1CC1(F)F. The van der Waals surface area contributed by atoms with Crippen LogP contribution in [0.15, 0.2) is 0 Å². The van der Waals surface area contributed by atoms with Crippen molar-refractivity contribution in [3.05, 3.63) is 0 Å². The average Bonchev–Trinajstić information content (AvgIpc) is 2.38. The predicted octanol–water partition coefficient (Wildman–Crippen LogP) is 0.573. The van der Waals surface area contributed by atoms with Crippen LogP contribution in [0.25, 0.3) is 0 Å². The third kappa shape index (κ3) is 1.19. The van der Waals surface area contributed by atoms with Gasteiger partial charge in [-0.05, 0) is 0 Å². The zero-order valence-corrected chi connectivity index (χ0v) is 5.10. The van der Waals surface area contributed by atoms with Gasteiger partial charge in [-0.15, -0.1) is 0 Å². The van der Waals surface area contributed by atoms with E-state index >= 15 is 0 Å². The van der Waals surface area contributed by atoms with Crippen molar-refractivity contribution < 1.29 is 13.5 Å². The highest BCUT2D eigenvalue weighted by Gasteiger charge is 2.60. The fraction of sp³-hybridized carbons (Fsp3) is 1.00. The number of methoxy groups -OCH3 is 1. The van der Waals surface area contributed by atoms with Crippen molar-refractivity contribution >= 4 is 0 Å². The van der Waals surface area contributed by atoms with Gasteiger partial charge in [-0.25, -0.2) is 8.78 Å². The minimum atomic E-state index is -2.56. The topological polar surface area (TPSA) is 35.2 Å². The molecule has 2 unspecified atom stereocenters. The number of rotatable bonds is 2. The maximum absolute atomic E-state index is 12.1. The highest BCUT2D eigenvalue weighted by Crippen LogP contribution is 2.50. The molecule has 54 valence electrons. The van der Waals surface area contributed by atoms with Crippen molar-refractivity contribution in [3.63, 3.8) is 0 Å². The third-order valence-corrected chi connectivity index (χ3v) is 1.54. The normalized spacial score (nSPS) is 34.0. The van der Waals surface area contributed by atoms with Crippen LogP contribution in [-0.2, 0) is 4.74 Å². The van der Waals surface area contributed by atoms with Gasteiger partial charge in [-0.3, -0.25) is 0 Å². The van der Waals surface area contributed by atoms with Crippen molar-refractivity contribution in [2.45, 2.75) is 18.6 Å². The molecule has 0 aromatic rings. The zero-order valence-electron chi connectivity index (χ0n) is 5.10. The van der Waals surface area contributed by atoms with E-state index in [4.69, 9.17) is 5.73 Å². The summed E-state index contributed by atoms with van der Waals surface area (Å²) in [5, 5.41) is 0. The minimum Gasteiger partial charge on any atom is -0.366 e. The lowest BCUT2D eigenvalue weighted by molar-refractivity contribution is 0.0264. The van der Waals surface area contributed by atoms with Crippen LogP contribution in [0.5, 0.6) is 0 Å². The van der Waals surface area contributed by atoms with Gasteiger partial charge in [0.1, 0.15) is 6.23 Å². The summed E-state index contributed by atoms with van der Waals surface area (Å²) in [5.74, 6) is -3.31. The Morgan fingerprint density at radius 1 is 1.78 bits per heavy atom. The number of alkyl halides is 2. The largest absolute Gasteiger partial charge is 0.366 e. The molecular weight excluding hydrogens is 128 g/mol. The molecule has 0 saturated heterocycles. The summed E-state index contributed by atoms with van der Waals surface area (Å²) in [7, 11) is 1.33. The quantitative estimate of drug-likeness (QED) is 0.565. The molecule has 0 radical (unpaired) electrons. The van der Waals surface area contributed by atoms with E-state index in [1.165, 1.54) is 7.11 Å². The molecule has 2 N–H and O–H groups in total. The van der Waals surface area contributed by atoms with Crippen molar-refractivity contribution in [2.24, 2.45) is 11.7 Å². The van der Waals surface area contributed by atoms with Gasteiger partial charge < -0.3 is 10.5 Å². The van der Waals surface area contributed by atoms with E-state index in [1.54, 1.807) is 0 Å². The molecule has 0 heterocycles. The summed E-state index contributed by atoms with van der Waals surface area (Å²) in [4.78, 5) is 0. The standard InChI is InChI=1S/C5H9F2NO/c1-9-4(8)3-2-5(3,6)7/h3-4H,2,8H2,1H3. The van der Waals surface area contributed by atoms with E-state index in [1.807, 2.05) is 0 Å². The van der Waals surface area contributed by atoms with Crippen LogP contribution in [0.2, 0.25) is 0 Å². The van der Waals surface area contributed by atoms with Crippen LogP contribution in [0, 0.1) is 5.92 Å². The molecule has 0 spiro atoms. The number of halogens is 2. The van der Waals surface area contributed by atoms with Gasteiger partial charge >= 0.3 is 0 Å². The summed E-state index contributed by atoms with van der Waals surface area (Å²) in [5.41, 5.74) is 5.15. The van der Waals surface area contributed by atoms with Gasteiger partial charge in [-0.2, -0.15) is 0 Å². The monoisotopic (exact) mass is 137 g/mol. The molecule has 1 aliphatic rings. The molecule has 0 amide bonds. The van der Waals surface area contributed by atoms with Crippen LogP contribution in [0.3, 0.4) is 0 Å². The smallest absolute Gasteiger partial charge is 0.255 e. The van der Waals surface area contributed by atoms with Gasteiger partial charge in [0.05, 0.1) is 5.92 Å². The second kappa shape index (κ2) is 1.88. The van der Waals surface area contributed by atoms with Gasteiger partial charge in [0.2, 0.25) is 0 Å². The molecule has 2 nitrogen and oxygen atoms in total. The Hall–Kier alpha value is -0.220. The van der Waals surface area contributed by atoms with Crippen LogP contribution in [0.4, 0.5) is 8.78 Å². The second-order valence-electron chi connectivity index (χ2n) is 2.27. The maximum atomic E-state index is 12.1. The zero-order chi connectivity index (χ0) is 7.07. The summed E-state index contributed by atoms with van der Waals surface area (Å²) in [6.07, 6.45) is -0.915. The molecule has 0 aliphatic heterocycles. The molecule has 1 fully saturated rings. The summed E-state index contributed by atoms with van der Waals surface area (Å²) in [6.45, 7) is 0. The first kappa shape index (κ1) is 6.89. The highest BCUT2D eigenvalue weighted by molar-refractivity contribution is 4.97. The van der Waals surface area contributed by atoms with E-state index in [0.29, 0.717) is 0 Å². The van der Waals surface area contributed by atoms with Gasteiger partial charge in [0.15, 0.2) is 0 Å². The fourth-order valence-electron chi connectivity index (χ4n) is 0.755. The number of nitrogens with two attached hydrogens (primary N) is 1. The number of hydrogen-bond acceptors (Lipinski definition) is 2. The fourth-order valence-corrected chi connectivity index (χ4v) is 0.755. The third-order valence-electron chi connectivity index (χ3n) is 1.54. The Balaban J connectivity index is 2.33. The molecular formula is C5H9F2NO. The van der Waals surface area contributed by atoms with Crippen molar-refractivity contribution in [3.8, 4) is 0 Å².